The Morgan fingerprint density at radius 1 is 0.286 bits per heavy atom. The normalized spacial score (nSPS) is 11.3. The van der Waals surface area contributed by atoms with Crippen LogP contribution in [-0.2, 0) is 0 Å². The van der Waals surface area contributed by atoms with Crippen molar-refractivity contribution >= 4 is 25.6 Å². The maximum absolute atomic E-state index is 2.41. The van der Waals surface area contributed by atoms with Gasteiger partial charge in [-0.05, 0) is 0 Å². The minimum absolute atomic E-state index is 1.32. The van der Waals surface area contributed by atoms with Crippen LogP contribution in [0.4, 0.5) is 0 Å². The van der Waals surface area contributed by atoms with Crippen LogP contribution in [0.15, 0.2) is 84.9 Å². The molecule has 0 atom stereocenters. The van der Waals surface area contributed by atoms with Crippen molar-refractivity contribution in [2.24, 2.45) is 0 Å². The minimum atomic E-state index is -1.33. The van der Waals surface area contributed by atoms with Crippen molar-refractivity contribution in [2.75, 3.05) is 0 Å². The molecule has 0 N–H and O–H groups in total. The first-order valence-corrected chi connectivity index (χ1v) is 20.1. The van der Waals surface area contributed by atoms with Gasteiger partial charge in [-0.1, -0.05) is 0 Å². The van der Waals surface area contributed by atoms with Crippen molar-refractivity contribution in [1.82, 2.24) is 0 Å². The van der Waals surface area contributed by atoms with Crippen LogP contribution in [0.2, 0.25) is 0 Å². The molecule has 6 aromatic carbocycles. The van der Waals surface area contributed by atoms with E-state index in [0.717, 1.165) is 0 Å². The van der Waals surface area contributed by atoms with Crippen molar-refractivity contribution < 1.29 is 0 Å². The summed E-state index contributed by atoms with van der Waals surface area (Å²) in [6.45, 7) is 27.3. The zero-order valence-corrected chi connectivity index (χ0v) is 34.1. The Morgan fingerprint density at radius 2 is 0.469 bits per heavy atom. The fourth-order valence-corrected chi connectivity index (χ4v) is 12.8. The Hall–Kier alpha value is -4.04. The summed E-state index contributed by atoms with van der Waals surface area (Å²) in [5.74, 6) is 0. The van der Waals surface area contributed by atoms with Gasteiger partial charge in [0, 0.05) is 0 Å². The Labute approximate surface area is 303 Å². The summed E-state index contributed by atoms with van der Waals surface area (Å²) in [5.41, 5.74) is 27.3. The van der Waals surface area contributed by atoms with Gasteiger partial charge < -0.3 is 0 Å². The van der Waals surface area contributed by atoms with Gasteiger partial charge in [0.25, 0.3) is 0 Å². The fraction of sp³-hybridized carbons (Fsp3) is 0.250. The first-order chi connectivity index (χ1) is 23.2. The predicted octanol–water partition coefficient (Wildman–Crippen LogP) is 11.7. The van der Waals surface area contributed by atoms with Crippen molar-refractivity contribution in [3.8, 4) is 44.5 Å². The van der Waals surface area contributed by atoms with E-state index in [0.29, 0.717) is 0 Å². The third-order valence-electron chi connectivity index (χ3n) is 10.3. The van der Waals surface area contributed by atoms with Crippen molar-refractivity contribution in [2.45, 2.75) is 83.1 Å². The molecule has 245 valence electrons. The molecule has 6 aromatic rings. The second-order valence-electron chi connectivity index (χ2n) is 14.8. The van der Waals surface area contributed by atoms with Crippen LogP contribution < -0.4 is 8.24 Å². The molecule has 0 aliphatic carbocycles. The topological polar surface area (TPSA) is 0 Å². The third-order valence-corrected chi connectivity index (χ3v) is 14.1. The number of aryl methyl sites for hydroxylation is 12. The molecule has 0 bridgehead atoms. The number of hydrogen-bond donors (Lipinski definition) is 0. The molecule has 0 heterocycles. The average molecular weight is 697 g/mol. The molecule has 49 heavy (non-hydrogen) atoms. The molecule has 0 aliphatic rings. The molecule has 0 saturated carbocycles. The summed E-state index contributed by atoms with van der Waals surface area (Å²) >= 11 is -1.33. The van der Waals surface area contributed by atoms with Crippen molar-refractivity contribution in [3.63, 3.8) is 0 Å². The summed E-state index contributed by atoms with van der Waals surface area (Å²) in [5, 5.41) is 0. The molecule has 0 saturated heterocycles. The molecule has 0 amide bonds. The van der Waals surface area contributed by atoms with Gasteiger partial charge in [0.2, 0.25) is 0 Å². The number of rotatable bonds is 6. The van der Waals surface area contributed by atoms with E-state index in [1.165, 1.54) is 111 Å². The van der Waals surface area contributed by atoms with E-state index < -0.39 is 17.4 Å². The Balaban J connectivity index is 1.76. The number of hydrogen-bond acceptors (Lipinski definition) is 0. The zero-order valence-electron chi connectivity index (χ0n) is 31.7. The fourth-order valence-electron chi connectivity index (χ4n) is 8.88. The van der Waals surface area contributed by atoms with E-state index in [-0.39, 0.29) is 0 Å². The van der Waals surface area contributed by atoms with E-state index in [9.17, 15) is 0 Å². The van der Waals surface area contributed by atoms with Crippen LogP contribution in [0.5, 0.6) is 0 Å². The second kappa shape index (κ2) is 13.7. The monoisotopic (exact) mass is 695 g/mol. The van der Waals surface area contributed by atoms with Gasteiger partial charge in [0.15, 0.2) is 0 Å². The molecular weight excluding hydrogens is 646 g/mol. The Kier molecular flexibility index (Phi) is 9.73. The molecular formula is C48H50Ga. The molecule has 0 fully saturated rings. The molecule has 0 aliphatic heterocycles. The van der Waals surface area contributed by atoms with E-state index in [4.69, 9.17) is 0 Å². The molecule has 0 unspecified atom stereocenters. The van der Waals surface area contributed by atoms with E-state index in [1.54, 1.807) is 8.24 Å². The van der Waals surface area contributed by atoms with Crippen molar-refractivity contribution in [3.05, 3.63) is 152 Å². The summed E-state index contributed by atoms with van der Waals surface area (Å²) < 4.78 is 3.10. The van der Waals surface area contributed by atoms with Crippen LogP contribution >= 0.6 is 0 Å². The van der Waals surface area contributed by atoms with E-state index >= 15 is 0 Å². The summed E-state index contributed by atoms with van der Waals surface area (Å²) in [6.07, 6.45) is 0. The summed E-state index contributed by atoms with van der Waals surface area (Å²) in [6, 6.07) is 33.2. The maximum atomic E-state index is 2.41. The van der Waals surface area contributed by atoms with Crippen LogP contribution in [0, 0.1) is 83.1 Å². The second-order valence-corrected chi connectivity index (χ2v) is 17.8. The molecule has 6 rings (SSSR count). The van der Waals surface area contributed by atoms with E-state index in [1.807, 2.05) is 0 Å². The SMILES string of the molecule is Cc1cc(C)c(-c2cccc(-c3c(C)cc(C)cc3C)[c]2[Ga][c]2c(-c3c(C)cc(C)cc3C)cccc2-c2c(C)cc(C)cc2C)c(C)c1. The van der Waals surface area contributed by atoms with Gasteiger partial charge in [-0.15, -0.1) is 0 Å². The first-order valence-electron chi connectivity index (χ1n) is 17.7. The van der Waals surface area contributed by atoms with Gasteiger partial charge in [-0.3, -0.25) is 0 Å². The molecule has 0 spiro atoms. The molecule has 1 heteroatoms. The van der Waals surface area contributed by atoms with Crippen LogP contribution in [-0.4, -0.2) is 17.4 Å². The van der Waals surface area contributed by atoms with Gasteiger partial charge in [-0.25, -0.2) is 0 Å². The summed E-state index contributed by atoms with van der Waals surface area (Å²) in [4.78, 5) is 0. The first kappa shape index (κ1) is 34.8. The van der Waals surface area contributed by atoms with Crippen LogP contribution in [0.25, 0.3) is 44.5 Å². The Bertz CT molecular complexity index is 1860. The van der Waals surface area contributed by atoms with Crippen molar-refractivity contribution in [1.29, 1.82) is 0 Å². The van der Waals surface area contributed by atoms with Gasteiger partial charge in [0.05, 0.1) is 0 Å². The van der Waals surface area contributed by atoms with Gasteiger partial charge in [0.1, 0.15) is 0 Å². The average Bonchev–Trinajstić information content (AvgIpc) is 2.97. The standard InChI is InChI=1S/2C24H25.Ga/c2*1-15-10-17(3)23(18(4)11-15)21-8-7-9-22(14-21)24-19(5)12-16(2)13-20(24)6;/h2*7-13H,1-6H3;. The molecule has 1 radical (unpaired) electrons. The zero-order chi connectivity index (χ0) is 35.3. The molecule has 0 aromatic heterocycles. The van der Waals surface area contributed by atoms with Crippen LogP contribution in [0.3, 0.4) is 0 Å². The van der Waals surface area contributed by atoms with Gasteiger partial charge in [-0.2, -0.15) is 0 Å². The van der Waals surface area contributed by atoms with Crippen LogP contribution in [0.1, 0.15) is 66.8 Å². The number of benzene rings is 6. The van der Waals surface area contributed by atoms with Gasteiger partial charge >= 0.3 is 305 Å². The molecule has 0 nitrogen and oxygen atoms in total. The van der Waals surface area contributed by atoms with E-state index in [2.05, 4.69) is 168 Å². The Morgan fingerprint density at radius 3 is 0.653 bits per heavy atom. The third kappa shape index (κ3) is 6.64. The predicted molar refractivity (Wildman–Crippen MR) is 216 cm³/mol. The summed E-state index contributed by atoms with van der Waals surface area (Å²) in [7, 11) is 0. The quantitative estimate of drug-likeness (QED) is 0.152.